The topological polar surface area (TPSA) is 57.2 Å². The molecule has 0 spiro atoms. The summed E-state index contributed by atoms with van der Waals surface area (Å²) in [5.41, 5.74) is 4.77. The third-order valence-electron chi connectivity index (χ3n) is 7.10. The van der Waals surface area contributed by atoms with Gasteiger partial charge in [-0.2, -0.15) is 11.2 Å². The maximum absolute atomic E-state index is 6.45. The van der Waals surface area contributed by atoms with Gasteiger partial charge in [0.25, 0.3) is 0 Å². The molecule has 0 saturated heterocycles. The van der Waals surface area contributed by atoms with Crippen molar-refractivity contribution in [2.75, 3.05) is 0 Å². The fourth-order valence-electron chi connectivity index (χ4n) is 5.39. The quantitative estimate of drug-likeness (QED) is 0.146. The van der Waals surface area contributed by atoms with Crippen molar-refractivity contribution in [3.05, 3.63) is 115 Å². The molecule has 8 rings (SSSR count). The van der Waals surface area contributed by atoms with Gasteiger partial charge in [0.1, 0.15) is 12.1 Å². The van der Waals surface area contributed by atoms with Gasteiger partial charge in [-0.05, 0) is 35.0 Å². The zero-order chi connectivity index (χ0) is 25.2. The predicted octanol–water partition coefficient (Wildman–Crippen LogP) is 7.23. The number of pyridine rings is 2. The van der Waals surface area contributed by atoms with Crippen LogP contribution in [0.5, 0.6) is 11.5 Å². The van der Waals surface area contributed by atoms with Crippen molar-refractivity contribution in [2.45, 2.75) is 6.92 Å². The van der Waals surface area contributed by atoms with Crippen LogP contribution in [0.15, 0.2) is 97.5 Å². The summed E-state index contributed by atoms with van der Waals surface area (Å²) in [6.07, 6.45) is 3.54. The van der Waals surface area contributed by atoms with Gasteiger partial charge in [0.05, 0.1) is 5.65 Å². The second-order valence-corrected chi connectivity index (χ2v) is 9.34. The Labute approximate surface area is 237 Å². The number of nitrogens with zero attached hydrogens (tertiary/aromatic N) is 5. The third-order valence-corrected chi connectivity index (χ3v) is 7.10. The van der Waals surface area contributed by atoms with Gasteiger partial charge in [0.15, 0.2) is 0 Å². The Balaban J connectivity index is 0.00000253. The summed E-state index contributed by atoms with van der Waals surface area (Å²) in [7, 11) is 0. The maximum atomic E-state index is 6.45. The molecular formula is C32H19N5OPt. The van der Waals surface area contributed by atoms with E-state index in [1.807, 2.05) is 53.8 Å². The molecule has 0 bridgehead atoms. The fourth-order valence-corrected chi connectivity index (χ4v) is 5.39. The molecule has 188 valence electrons. The van der Waals surface area contributed by atoms with Crippen LogP contribution in [0.2, 0.25) is 0 Å². The van der Waals surface area contributed by atoms with Crippen LogP contribution in [0, 0.1) is 19.1 Å². The van der Waals surface area contributed by atoms with Crippen molar-refractivity contribution in [2.24, 2.45) is 0 Å². The summed E-state index contributed by atoms with van der Waals surface area (Å²) in [5, 5.41) is 13.9. The predicted molar refractivity (Wildman–Crippen MR) is 149 cm³/mol. The number of ether oxygens (including phenoxy) is 1. The van der Waals surface area contributed by atoms with E-state index in [2.05, 4.69) is 74.3 Å². The number of aromatic nitrogens is 5. The SMILES string of the molecule is Cc1cc2c([c-]c1Oc1[c-]c3c(cc1)c1ccccc1n3-c1ccccn1)c1nncn1c1ccccc21.[Pt+2]. The number of benzene rings is 4. The minimum Gasteiger partial charge on any atom is -0.503 e. The summed E-state index contributed by atoms with van der Waals surface area (Å²) in [6.45, 7) is 2.04. The van der Waals surface area contributed by atoms with Gasteiger partial charge in [0.2, 0.25) is 0 Å². The van der Waals surface area contributed by atoms with E-state index in [0.29, 0.717) is 11.5 Å². The van der Waals surface area contributed by atoms with Crippen molar-refractivity contribution in [3.63, 3.8) is 0 Å². The average Bonchev–Trinajstić information content (AvgIpc) is 3.58. The Bertz CT molecular complexity index is 2180. The van der Waals surface area contributed by atoms with Crippen molar-refractivity contribution in [1.82, 2.24) is 24.1 Å². The van der Waals surface area contributed by atoms with Gasteiger partial charge in [-0.25, -0.2) is 4.98 Å². The van der Waals surface area contributed by atoms with E-state index < -0.39 is 0 Å². The van der Waals surface area contributed by atoms with Crippen molar-refractivity contribution in [1.29, 1.82) is 0 Å². The molecule has 0 aliphatic carbocycles. The third kappa shape index (κ3) is 3.56. The van der Waals surface area contributed by atoms with E-state index >= 15 is 0 Å². The first-order valence-corrected chi connectivity index (χ1v) is 12.4. The Morgan fingerprint density at radius 3 is 2.36 bits per heavy atom. The zero-order valence-electron chi connectivity index (χ0n) is 20.7. The minimum atomic E-state index is 0. The first-order valence-electron chi connectivity index (χ1n) is 12.4. The van der Waals surface area contributed by atoms with Crippen molar-refractivity contribution in [3.8, 4) is 17.3 Å². The van der Waals surface area contributed by atoms with Gasteiger partial charge in [0, 0.05) is 28.7 Å². The molecule has 8 aromatic rings. The summed E-state index contributed by atoms with van der Waals surface area (Å²) in [4.78, 5) is 4.61. The van der Waals surface area contributed by atoms with Crippen LogP contribution in [0.4, 0.5) is 0 Å². The molecule has 7 heteroatoms. The van der Waals surface area contributed by atoms with Crippen LogP contribution in [-0.4, -0.2) is 24.1 Å². The molecule has 0 fully saturated rings. The van der Waals surface area contributed by atoms with Gasteiger partial charge in [-0.1, -0.05) is 77.3 Å². The van der Waals surface area contributed by atoms with Crippen LogP contribution in [0.1, 0.15) is 5.56 Å². The summed E-state index contributed by atoms with van der Waals surface area (Å²) in [5.74, 6) is 2.07. The van der Waals surface area contributed by atoms with Gasteiger partial charge in [-0.3, -0.25) is 0 Å². The van der Waals surface area contributed by atoms with E-state index in [0.717, 1.165) is 60.5 Å². The Morgan fingerprint density at radius 1 is 0.769 bits per heavy atom. The van der Waals surface area contributed by atoms with Gasteiger partial charge in [-0.15, -0.1) is 28.7 Å². The molecule has 0 saturated carbocycles. The molecule has 0 aliphatic rings. The van der Waals surface area contributed by atoms with E-state index in [1.165, 1.54) is 0 Å². The largest absolute Gasteiger partial charge is 2.00 e. The maximum Gasteiger partial charge on any atom is 2.00 e. The number of para-hydroxylation sites is 2. The van der Waals surface area contributed by atoms with Crippen LogP contribution < -0.4 is 4.74 Å². The molecule has 0 amide bonds. The number of fused-ring (bicyclic) bond motifs is 9. The van der Waals surface area contributed by atoms with Crippen molar-refractivity contribution >= 4 is 49.1 Å². The molecule has 0 atom stereocenters. The molecule has 0 N–H and O–H groups in total. The molecule has 39 heavy (non-hydrogen) atoms. The normalized spacial score (nSPS) is 11.5. The summed E-state index contributed by atoms with van der Waals surface area (Å²) >= 11 is 0. The molecule has 4 heterocycles. The Kier molecular flexibility index (Phi) is 5.46. The van der Waals surface area contributed by atoms with Gasteiger partial charge < -0.3 is 13.7 Å². The number of hydrogen-bond acceptors (Lipinski definition) is 4. The van der Waals surface area contributed by atoms with Crippen LogP contribution in [-0.2, 0) is 21.1 Å². The van der Waals surface area contributed by atoms with Crippen molar-refractivity contribution < 1.29 is 25.8 Å². The Hall–Kier alpha value is -4.54. The molecule has 0 aliphatic heterocycles. The second kappa shape index (κ2) is 9.04. The minimum absolute atomic E-state index is 0. The molecule has 0 radical (unpaired) electrons. The Morgan fingerprint density at radius 2 is 1.54 bits per heavy atom. The van der Waals surface area contributed by atoms with E-state index in [-0.39, 0.29) is 21.1 Å². The molecule has 4 aromatic carbocycles. The summed E-state index contributed by atoms with van der Waals surface area (Å²) < 4.78 is 10.6. The average molecular weight is 685 g/mol. The zero-order valence-corrected chi connectivity index (χ0v) is 23.0. The smallest absolute Gasteiger partial charge is 0.503 e. The van der Waals surface area contributed by atoms with E-state index in [1.54, 1.807) is 12.5 Å². The van der Waals surface area contributed by atoms with Gasteiger partial charge >= 0.3 is 21.1 Å². The molecule has 0 unspecified atom stereocenters. The number of rotatable bonds is 3. The number of aryl methyl sites for hydroxylation is 1. The van der Waals surface area contributed by atoms with Crippen LogP contribution >= 0.6 is 0 Å². The number of hydrogen-bond donors (Lipinski definition) is 0. The monoisotopic (exact) mass is 684 g/mol. The van der Waals surface area contributed by atoms with Crippen LogP contribution in [0.25, 0.3) is 54.9 Å². The van der Waals surface area contributed by atoms with Crippen LogP contribution in [0.3, 0.4) is 0 Å². The van der Waals surface area contributed by atoms with E-state index in [9.17, 15) is 0 Å². The molecular weight excluding hydrogens is 665 g/mol. The molecule has 4 aromatic heterocycles. The molecule has 6 nitrogen and oxygen atoms in total. The summed E-state index contributed by atoms with van der Waals surface area (Å²) in [6, 6.07) is 35.7. The second-order valence-electron chi connectivity index (χ2n) is 9.34. The first kappa shape index (κ1) is 23.6. The van der Waals surface area contributed by atoms with E-state index in [4.69, 9.17) is 4.74 Å². The fraction of sp³-hybridized carbons (Fsp3) is 0.0312. The first-order chi connectivity index (χ1) is 18.8. The standard InChI is InChI=1S/C32H19N5O.Pt/c1-20-16-25-23-9-2-4-10-27(23)36-19-34-35-32(36)26(25)18-30(20)38-21-13-14-24-22-8-3-5-11-28(22)37(29(24)17-21)31-12-6-7-15-33-31;/h2-16,19H,1H3;/q-2;+2.